The van der Waals surface area contributed by atoms with Crippen molar-refractivity contribution in [1.82, 2.24) is 4.90 Å². The van der Waals surface area contributed by atoms with Gasteiger partial charge in [0.15, 0.2) is 0 Å². The van der Waals surface area contributed by atoms with Crippen LogP contribution in [0, 0.1) is 0 Å². The minimum Gasteiger partial charge on any atom is -0.395 e. The molecule has 1 heterocycles. The molecule has 1 fully saturated rings. The van der Waals surface area contributed by atoms with Gasteiger partial charge in [-0.1, -0.05) is 6.92 Å². The van der Waals surface area contributed by atoms with E-state index in [-0.39, 0.29) is 0 Å². The maximum absolute atomic E-state index is 8.93. The average Bonchev–Trinajstić information content (AvgIpc) is 2.49. The number of aliphatic hydroxyl groups is 1. The highest BCUT2D eigenvalue weighted by Crippen LogP contribution is 2.30. The minimum absolute atomic E-state index is 0.311. The van der Waals surface area contributed by atoms with Crippen LogP contribution in [0.5, 0.6) is 0 Å². The summed E-state index contributed by atoms with van der Waals surface area (Å²) < 4.78 is 0. The monoisotopic (exact) mass is 143 g/mol. The number of hydrogen-bond acceptors (Lipinski definition) is 2. The van der Waals surface area contributed by atoms with Gasteiger partial charge in [-0.15, -0.1) is 0 Å². The first-order valence-electron chi connectivity index (χ1n) is 4.10. The summed E-state index contributed by atoms with van der Waals surface area (Å²) >= 11 is 0. The van der Waals surface area contributed by atoms with Crippen LogP contribution in [0.3, 0.4) is 0 Å². The van der Waals surface area contributed by atoms with Crippen LogP contribution in [-0.4, -0.2) is 34.7 Å². The van der Waals surface area contributed by atoms with Gasteiger partial charge < -0.3 is 5.11 Å². The van der Waals surface area contributed by atoms with Crippen molar-refractivity contribution in [2.75, 3.05) is 6.61 Å². The minimum atomic E-state index is 0.311. The van der Waals surface area contributed by atoms with E-state index in [1.165, 1.54) is 0 Å². The third-order valence-electron chi connectivity index (χ3n) is 2.65. The zero-order valence-electron chi connectivity index (χ0n) is 7.04. The van der Waals surface area contributed by atoms with Crippen LogP contribution < -0.4 is 0 Å². The van der Waals surface area contributed by atoms with Crippen LogP contribution >= 0.6 is 0 Å². The SMILES string of the molecule is CCC(CO)N1C(C)C1C. The molecule has 0 aliphatic carbocycles. The summed E-state index contributed by atoms with van der Waals surface area (Å²) in [4.78, 5) is 2.36. The van der Waals surface area contributed by atoms with Crippen LogP contribution in [0.25, 0.3) is 0 Å². The van der Waals surface area contributed by atoms with Crippen LogP contribution in [0.15, 0.2) is 0 Å². The number of rotatable bonds is 3. The van der Waals surface area contributed by atoms with Crippen molar-refractivity contribution < 1.29 is 5.11 Å². The van der Waals surface area contributed by atoms with Gasteiger partial charge in [0.1, 0.15) is 0 Å². The summed E-state index contributed by atoms with van der Waals surface area (Å²) in [6.07, 6.45) is 1.06. The van der Waals surface area contributed by atoms with Crippen molar-refractivity contribution in [1.29, 1.82) is 0 Å². The molecule has 10 heavy (non-hydrogen) atoms. The molecule has 0 bridgehead atoms. The van der Waals surface area contributed by atoms with Gasteiger partial charge in [-0.25, -0.2) is 0 Å². The van der Waals surface area contributed by atoms with E-state index in [1.807, 2.05) is 0 Å². The molecule has 0 saturated carbocycles. The average molecular weight is 143 g/mol. The highest BCUT2D eigenvalue weighted by molar-refractivity contribution is 4.99. The van der Waals surface area contributed by atoms with Gasteiger partial charge in [0.25, 0.3) is 0 Å². The predicted molar refractivity (Wildman–Crippen MR) is 41.9 cm³/mol. The van der Waals surface area contributed by atoms with Gasteiger partial charge in [0.05, 0.1) is 6.61 Å². The smallest absolute Gasteiger partial charge is 0.0587 e. The Balaban J connectivity index is 2.35. The lowest BCUT2D eigenvalue weighted by atomic mass is 10.2. The molecule has 2 nitrogen and oxygen atoms in total. The Hall–Kier alpha value is -0.0800. The van der Waals surface area contributed by atoms with Crippen LogP contribution in [0.4, 0.5) is 0 Å². The molecule has 3 atom stereocenters. The molecule has 0 aromatic carbocycles. The van der Waals surface area contributed by atoms with E-state index in [2.05, 4.69) is 25.7 Å². The van der Waals surface area contributed by atoms with Crippen molar-refractivity contribution in [2.45, 2.75) is 45.3 Å². The molecule has 1 N–H and O–H groups in total. The van der Waals surface area contributed by atoms with Crippen LogP contribution in [0.1, 0.15) is 27.2 Å². The largest absolute Gasteiger partial charge is 0.395 e. The van der Waals surface area contributed by atoms with Crippen molar-refractivity contribution in [3.05, 3.63) is 0 Å². The molecule has 1 aliphatic rings. The Morgan fingerprint density at radius 3 is 2.00 bits per heavy atom. The first kappa shape index (κ1) is 8.02. The summed E-state index contributed by atoms with van der Waals surface area (Å²) in [5.41, 5.74) is 0. The molecule has 1 aliphatic heterocycles. The molecule has 0 amide bonds. The molecule has 3 unspecified atom stereocenters. The second kappa shape index (κ2) is 2.89. The fourth-order valence-electron chi connectivity index (χ4n) is 1.63. The van der Waals surface area contributed by atoms with Crippen LogP contribution in [-0.2, 0) is 0 Å². The normalized spacial score (nSPS) is 41.4. The van der Waals surface area contributed by atoms with E-state index in [4.69, 9.17) is 5.11 Å². The summed E-state index contributed by atoms with van der Waals surface area (Å²) in [7, 11) is 0. The molecule has 2 heteroatoms. The van der Waals surface area contributed by atoms with E-state index in [9.17, 15) is 0 Å². The Morgan fingerprint density at radius 2 is 1.90 bits per heavy atom. The van der Waals surface area contributed by atoms with E-state index in [0.29, 0.717) is 24.7 Å². The predicted octanol–water partition coefficient (Wildman–Crippen LogP) is 0.850. The van der Waals surface area contributed by atoms with Gasteiger partial charge in [0.2, 0.25) is 0 Å². The van der Waals surface area contributed by atoms with E-state index in [0.717, 1.165) is 6.42 Å². The van der Waals surface area contributed by atoms with Crippen molar-refractivity contribution in [3.8, 4) is 0 Å². The standard InChI is InChI=1S/C8H17NO/c1-4-8(5-10)9-6(2)7(9)3/h6-8,10H,4-5H2,1-3H3. The zero-order chi connectivity index (χ0) is 7.72. The second-order valence-corrected chi connectivity index (χ2v) is 3.17. The van der Waals surface area contributed by atoms with E-state index < -0.39 is 0 Å². The highest BCUT2D eigenvalue weighted by Gasteiger charge is 2.43. The number of hydrogen-bond donors (Lipinski definition) is 1. The first-order valence-corrected chi connectivity index (χ1v) is 4.10. The summed E-state index contributed by atoms with van der Waals surface area (Å²) in [6, 6.07) is 1.79. The van der Waals surface area contributed by atoms with Gasteiger partial charge in [-0.05, 0) is 20.3 Å². The molecule has 1 rings (SSSR count). The topological polar surface area (TPSA) is 23.2 Å². The maximum Gasteiger partial charge on any atom is 0.0587 e. The Labute approximate surface area is 62.8 Å². The maximum atomic E-state index is 8.93. The second-order valence-electron chi connectivity index (χ2n) is 3.17. The van der Waals surface area contributed by atoms with Crippen molar-refractivity contribution >= 4 is 0 Å². The summed E-state index contributed by atoms with van der Waals surface area (Å²) in [5, 5.41) is 8.93. The van der Waals surface area contributed by atoms with Crippen LogP contribution in [0.2, 0.25) is 0 Å². The van der Waals surface area contributed by atoms with Crippen molar-refractivity contribution in [3.63, 3.8) is 0 Å². The molecule has 0 spiro atoms. The molecule has 1 saturated heterocycles. The van der Waals surface area contributed by atoms with Gasteiger partial charge in [0, 0.05) is 18.1 Å². The number of aliphatic hydroxyl groups excluding tert-OH is 1. The molecule has 0 aromatic rings. The third-order valence-corrected chi connectivity index (χ3v) is 2.65. The Kier molecular flexibility index (Phi) is 2.32. The third kappa shape index (κ3) is 1.18. The van der Waals surface area contributed by atoms with E-state index >= 15 is 0 Å². The fourth-order valence-corrected chi connectivity index (χ4v) is 1.63. The molecule has 0 radical (unpaired) electrons. The molecular weight excluding hydrogens is 126 g/mol. The summed E-state index contributed by atoms with van der Waals surface area (Å²) in [6.45, 7) is 6.86. The number of nitrogens with zero attached hydrogens (tertiary/aromatic N) is 1. The van der Waals surface area contributed by atoms with Gasteiger partial charge in [-0.3, -0.25) is 4.90 Å². The lowest BCUT2D eigenvalue weighted by Crippen LogP contribution is -2.24. The Bertz CT molecular complexity index is 104. The Morgan fingerprint density at radius 1 is 1.40 bits per heavy atom. The van der Waals surface area contributed by atoms with Gasteiger partial charge in [-0.2, -0.15) is 0 Å². The highest BCUT2D eigenvalue weighted by atomic mass is 16.3. The lowest BCUT2D eigenvalue weighted by Gasteiger charge is -2.13. The molecule has 0 aromatic heterocycles. The lowest BCUT2D eigenvalue weighted by molar-refractivity contribution is 0.191. The first-order chi connectivity index (χ1) is 4.72. The molecular formula is C8H17NO. The van der Waals surface area contributed by atoms with E-state index in [1.54, 1.807) is 0 Å². The summed E-state index contributed by atoms with van der Waals surface area (Å²) in [5.74, 6) is 0. The fraction of sp³-hybridized carbons (Fsp3) is 1.00. The molecule has 60 valence electrons. The van der Waals surface area contributed by atoms with Gasteiger partial charge >= 0.3 is 0 Å². The van der Waals surface area contributed by atoms with Crippen molar-refractivity contribution in [2.24, 2.45) is 0 Å². The zero-order valence-corrected chi connectivity index (χ0v) is 7.04. The quantitative estimate of drug-likeness (QED) is 0.592.